The summed E-state index contributed by atoms with van der Waals surface area (Å²) in [4.78, 5) is 20.0. The minimum Gasteiger partial charge on any atom is -0.299 e. The molecule has 2 aromatic carbocycles. The van der Waals surface area contributed by atoms with Crippen molar-refractivity contribution in [3.63, 3.8) is 0 Å². The lowest BCUT2D eigenvalue weighted by Gasteiger charge is -2.30. The van der Waals surface area contributed by atoms with E-state index in [1.807, 2.05) is 18.3 Å². The van der Waals surface area contributed by atoms with Gasteiger partial charge in [0.05, 0.1) is 0 Å². The Morgan fingerprint density at radius 2 is 1.70 bits per heavy atom. The number of Topliss-reactive ketones (excluding diaryl/α,β-unsaturated/α-hetero) is 1. The Morgan fingerprint density at radius 3 is 2.54 bits per heavy atom. The summed E-state index contributed by atoms with van der Waals surface area (Å²) >= 11 is 0. The average molecular weight is 491 g/mol. The van der Waals surface area contributed by atoms with Crippen molar-refractivity contribution in [3.8, 4) is 0 Å². The van der Waals surface area contributed by atoms with Crippen LogP contribution in [0, 0.1) is 5.92 Å². The van der Waals surface area contributed by atoms with Gasteiger partial charge in [0.15, 0.2) is 5.78 Å². The Morgan fingerprint density at radius 1 is 0.919 bits per heavy atom. The Bertz CT molecular complexity index is 1270. The van der Waals surface area contributed by atoms with Gasteiger partial charge in [0, 0.05) is 37.7 Å². The highest BCUT2D eigenvalue weighted by Crippen LogP contribution is 2.30. The number of nitrogens with zero attached hydrogens (tertiary/aromatic N) is 2. The molecule has 5 rings (SSSR count). The van der Waals surface area contributed by atoms with Crippen LogP contribution in [0.3, 0.4) is 0 Å². The van der Waals surface area contributed by atoms with E-state index in [2.05, 4.69) is 83.5 Å². The molecular formula is C34H38N2O. The molecule has 37 heavy (non-hydrogen) atoms. The van der Waals surface area contributed by atoms with Gasteiger partial charge < -0.3 is 0 Å². The second-order valence-electron chi connectivity index (χ2n) is 10.8. The van der Waals surface area contributed by atoms with Gasteiger partial charge in [-0.05, 0) is 90.2 Å². The van der Waals surface area contributed by atoms with E-state index in [4.69, 9.17) is 0 Å². The third-order valence-corrected chi connectivity index (χ3v) is 7.78. The largest absolute Gasteiger partial charge is 0.299 e. The number of pyridine rings is 1. The molecule has 1 aliphatic carbocycles. The van der Waals surface area contributed by atoms with Gasteiger partial charge in [0.1, 0.15) is 0 Å². The number of aromatic nitrogens is 1. The summed E-state index contributed by atoms with van der Waals surface area (Å²) in [5.41, 5.74) is 8.38. The number of aryl methyl sites for hydroxylation is 1. The summed E-state index contributed by atoms with van der Waals surface area (Å²) in [5.74, 6) is 1.14. The number of carbonyl (C=O) groups excluding carboxylic acids is 1. The molecule has 190 valence electrons. The molecule has 0 amide bonds. The standard InChI is InChI=1S/C34H38N2O/c1-26-16-19-36(20-17-26)25-29-11-5-10-28(21-29)22-33-24-31(15-18-35-33)30-13-14-32(23-30)34(37)12-6-9-27-7-3-2-4-8-27/h2-5,7-8,10-11,13-15,18,21,24,26H,6,9,12,16-17,19-20,22-23,25H2,1H3. The highest BCUT2D eigenvalue weighted by Gasteiger charge is 2.18. The molecule has 1 aliphatic heterocycles. The average Bonchev–Trinajstić information content (AvgIpc) is 3.42. The molecule has 3 heteroatoms. The molecule has 2 heterocycles. The van der Waals surface area contributed by atoms with Crippen LogP contribution in [-0.4, -0.2) is 28.8 Å². The fraction of sp³-hybridized carbons (Fsp3) is 0.353. The molecule has 1 aromatic heterocycles. The van der Waals surface area contributed by atoms with Gasteiger partial charge in [-0.15, -0.1) is 0 Å². The number of piperidine rings is 1. The summed E-state index contributed by atoms with van der Waals surface area (Å²) in [6, 6.07) is 23.7. The minimum absolute atomic E-state index is 0.274. The van der Waals surface area contributed by atoms with Crippen molar-refractivity contribution in [1.29, 1.82) is 0 Å². The lowest BCUT2D eigenvalue weighted by molar-refractivity contribution is -0.115. The zero-order chi connectivity index (χ0) is 25.5. The van der Waals surface area contributed by atoms with Crippen LogP contribution in [0.1, 0.15) is 67.0 Å². The fourth-order valence-corrected chi connectivity index (χ4v) is 5.47. The quantitative estimate of drug-likeness (QED) is 0.301. The highest BCUT2D eigenvalue weighted by molar-refractivity contribution is 5.99. The summed E-state index contributed by atoms with van der Waals surface area (Å²) in [7, 11) is 0. The monoisotopic (exact) mass is 490 g/mol. The van der Waals surface area contributed by atoms with Gasteiger partial charge in [0.25, 0.3) is 0 Å². The maximum absolute atomic E-state index is 12.8. The maximum Gasteiger partial charge on any atom is 0.159 e. The lowest BCUT2D eigenvalue weighted by atomic mass is 9.97. The van der Waals surface area contributed by atoms with Crippen LogP contribution in [0.5, 0.6) is 0 Å². The molecule has 2 aliphatic rings. The van der Waals surface area contributed by atoms with Crippen molar-refractivity contribution in [2.45, 2.75) is 58.4 Å². The molecule has 0 atom stereocenters. The highest BCUT2D eigenvalue weighted by atomic mass is 16.1. The van der Waals surface area contributed by atoms with Gasteiger partial charge in [-0.25, -0.2) is 0 Å². The van der Waals surface area contributed by atoms with Crippen LogP contribution in [0.4, 0.5) is 0 Å². The first-order valence-corrected chi connectivity index (χ1v) is 13.8. The third kappa shape index (κ3) is 7.14. The molecule has 0 unspecified atom stereocenters. The number of allylic oxidation sites excluding steroid dienone is 4. The van der Waals surface area contributed by atoms with Gasteiger partial charge >= 0.3 is 0 Å². The first-order chi connectivity index (χ1) is 18.1. The van der Waals surface area contributed by atoms with E-state index in [0.29, 0.717) is 6.42 Å². The Balaban J connectivity index is 1.14. The number of likely N-dealkylation sites (tertiary alicyclic amines) is 1. The Hall–Kier alpha value is -3.30. The van der Waals surface area contributed by atoms with Gasteiger partial charge in [-0.3, -0.25) is 14.7 Å². The van der Waals surface area contributed by atoms with Crippen LogP contribution in [0.15, 0.2) is 90.7 Å². The summed E-state index contributed by atoms with van der Waals surface area (Å²) in [6.45, 7) is 5.81. The molecule has 0 saturated carbocycles. The number of carbonyl (C=O) groups is 1. The number of ketones is 1. The Labute approximate surface area is 221 Å². The zero-order valence-electron chi connectivity index (χ0n) is 22.0. The predicted octanol–water partition coefficient (Wildman–Crippen LogP) is 7.21. The van der Waals surface area contributed by atoms with Crippen LogP contribution in [0.25, 0.3) is 5.57 Å². The fourth-order valence-electron chi connectivity index (χ4n) is 5.47. The molecule has 0 N–H and O–H groups in total. The van der Waals surface area contributed by atoms with Gasteiger partial charge in [-0.1, -0.05) is 73.7 Å². The van der Waals surface area contributed by atoms with Crippen molar-refractivity contribution in [2.75, 3.05) is 13.1 Å². The number of rotatable bonds is 10. The van der Waals surface area contributed by atoms with Crippen molar-refractivity contribution in [2.24, 2.45) is 5.92 Å². The van der Waals surface area contributed by atoms with Crippen molar-refractivity contribution >= 4 is 11.4 Å². The normalized spacial score (nSPS) is 16.5. The Kier molecular flexibility index (Phi) is 8.42. The third-order valence-electron chi connectivity index (χ3n) is 7.78. The molecule has 0 radical (unpaired) electrons. The first-order valence-electron chi connectivity index (χ1n) is 13.8. The van der Waals surface area contributed by atoms with E-state index in [1.165, 1.54) is 53.8 Å². The summed E-state index contributed by atoms with van der Waals surface area (Å²) in [5, 5.41) is 0. The molecule has 3 nitrogen and oxygen atoms in total. The van der Waals surface area contributed by atoms with E-state index < -0.39 is 0 Å². The molecule has 0 bridgehead atoms. The van der Waals surface area contributed by atoms with E-state index in [9.17, 15) is 4.79 Å². The van der Waals surface area contributed by atoms with E-state index in [-0.39, 0.29) is 5.78 Å². The van der Waals surface area contributed by atoms with E-state index >= 15 is 0 Å². The minimum atomic E-state index is 0.274. The van der Waals surface area contributed by atoms with Gasteiger partial charge in [-0.2, -0.15) is 0 Å². The maximum atomic E-state index is 12.8. The SMILES string of the molecule is CC1CCN(Cc2cccc(Cc3cc(C4=CC=C(C(=O)CCCc5ccccc5)C4)ccn3)c2)CC1. The lowest BCUT2D eigenvalue weighted by Crippen LogP contribution is -2.32. The molecule has 1 saturated heterocycles. The van der Waals surface area contributed by atoms with Crippen LogP contribution >= 0.6 is 0 Å². The number of hydrogen-bond donors (Lipinski definition) is 0. The smallest absolute Gasteiger partial charge is 0.159 e. The predicted molar refractivity (Wildman–Crippen MR) is 152 cm³/mol. The molecule has 3 aromatic rings. The molecular weight excluding hydrogens is 452 g/mol. The van der Waals surface area contributed by atoms with Crippen molar-refractivity contribution in [1.82, 2.24) is 9.88 Å². The van der Waals surface area contributed by atoms with Crippen LogP contribution in [-0.2, 0) is 24.2 Å². The van der Waals surface area contributed by atoms with Crippen molar-refractivity contribution in [3.05, 3.63) is 119 Å². The molecule has 0 spiro atoms. The molecule has 1 fully saturated rings. The van der Waals surface area contributed by atoms with Crippen LogP contribution < -0.4 is 0 Å². The topological polar surface area (TPSA) is 33.2 Å². The second kappa shape index (κ2) is 12.3. The van der Waals surface area contributed by atoms with Gasteiger partial charge in [0.2, 0.25) is 0 Å². The zero-order valence-corrected chi connectivity index (χ0v) is 22.0. The summed E-state index contributed by atoms with van der Waals surface area (Å²) < 4.78 is 0. The number of hydrogen-bond acceptors (Lipinski definition) is 3. The van der Waals surface area contributed by atoms with Crippen LogP contribution in [0.2, 0.25) is 0 Å². The first kappa shape index (κ1) is 25.4. The van der Waals surface area contributed by atoms with E-state index in [0.717, 1.165) is 49.4 Å². The van der Waals surface area contributed by atoms with E-state index in [1.54, 1.807) is 0 Å². The number of benzene rings is 2. The second-order valence-corrected chi connectivity index (χ2v) is 10.8. The summed E-state index contributed by atoms with van der Waals surface area (Å²) in [6.07, 6.45) is 12.7. The van der Waals surface area contributed by atoms with Crippen molar-refractivity contribution < 1.29 is 4.79 Å².